The smallest absolute Gasteiger partial charge is 0.156 e. The number of hydrogen-bond donors (Lipinski definition) is 2. The fourth-order valence-electron chi connectivity index (χ4n) is 2.03. The lowest BCUT2D eigenvalue weighted by Gasteiger charge is -2.11. The third-order valence-corrected chi connectivity index (χ3v) is 2.98. The number of anilines is 1. The van der Waals surface area contributed by atoms with Gasteiger partial charge in [0.05, 0.1) is 11.8 Å². The molecule has 0 aliphatic carbocycles. The van der Waals surface area contributed by atoms with Crippen LogP contribution in [0.1, 0.15) is 32.3 Å². The van der Waals surface area contributed by atoms with E-state index in [1.54, 1.807) is 6.92 Å². The minimum absolute atomic E-state index is 0.422. The van der Waals surface area contributed by atoms with Gasteiger partial charge in [-0.1, -0.05) is 6.92 Å². The van der Waals surface area contributed by atoms with Crippen LogP contribution >= 0.6 is 0 Å². The Balaban J connectivity index is 2.57. The summed E-state index contributed by atoms with van der Waals surface area (Å²) in [7, 11) is 0. The molecule has 2 aromatic heterocycles. The molecule has 0 saturated heterocycles. The summed E-state index contributed by atoms with van der Waals surface area (Å²) in [6.45, 7) is 9.00. The molecule has 1 atom stereocenters. The molecular formula is C13H21N5O. The van der Waals surface area contributed by atoms with E-state index >= 15 is 0 Å². The molecule has 0 radical (unpaired) electrons. The zero-order valence-electron chi connectivity index (χ0n) is 11.9. The first-order valence-electron chi connectivity index (χ1n) is 6.72. The normalized spacial score (nSPS) is 12.9. The number of hydrogen-bond acceptors (Lipinski definition) is 5. The Kier molecular flexibility index (Phi) is 3.99. The first kappa shape index (κ1) is 13.7. The molecule has 0 fully saturated rings. The summed E-state index contributed by atoms with van der Waals surface area (Å²) < 4.78 is 1.90. The lowest BCUT2D eigenvalue weighted by Crippen LogP contribution is -2.17. The predicted octanol–water partition coefficient (Wildman–Crippen LogP) is 1.51. The van der Waals surface area contributed by atoms with Crippen LogP contribution in [0.2, 0.25) is 0 Å². The zero-order chi connectivity index (χ0) is 14.0. The highest BCUT2D eigenvalue weighted by Gasteiger charge is 2.15. The maximum atomic E-state index is 9.42. The van der Waals surface area contributed by atoms with E-state index in [2.05, 4.69) is 20.4 Å². The Morgan fingerprint density at radius 1 is 1.32 bits per heavy atom. The molecule has 104 valence electrons. The average molecular weight is 263 g/mol. The summed E-state index contributed by atoms with van der Waals surface area (Å²) in [4.78, 5) is 9.07. The van der Waals surface area contributed by atoms with Gasteiger partial charge in [0, 0.05) is 19.5 Å². The highest BCUT2D eigenvalue weighted by Crippen LogP contribution is 2.23. The predicted molar refractivity (Wildman–Crippen MR) is 75.3 cm³/mol. The van der Waals surface area contributed by atoms with E-state index in [1.165, 1.54) is 0 Å². The molecule has 0 spiro atoms. The number of aliphatic hydroxyl groups excluding tert-OH is 1. The molecule has 0 aliphatic heterocycles. The number of aromatic nitrogens is 4. The van der Waals surface area contributed by atoms with Crippen molar-refractivity contribution in [2.24, 2.45) is 0 Å². The van der Waals surface area contributed by atoms with Crippen molar-refractivity contribution in [3.63, 3.8) is 0 Å². The van der Waals surface area contributed by atoms with E-state index in [0.29, 0.717) is 6.54 Å². The first-order valence-corrected chi connectivity index (χ1v) is 6.72. The minimum Gasteiger partial charge on any atom is -0.392 e. The Bertz CT molecular complexity index is 576. The van der Waals surface area contributed by atoms with Gasteiger partial charge in [0.1, 0.15) is 16.9 Å². The van der Waals surface area contributed by atoms with E-state index in [4.69, 9.17) is 0 Å². The summed E-state index contributed by atoms with van der Waals surface area (Å²) in [5.41, 5.74) is 2.72. The Labute approximate surface area is 112 Å². The van der Waals surface area contributed by atoms with Gasteiger partial charge in [-0.25, -0.2) is 9.97 Å². The van der Waals surface area contributed by atoms with Gasteiger partial charge in [-0.2, -0.15) is 5.10 Å². The molecule has 6 nitrogen and oxygen atoms in total. The molecule has 0 aromatic carbocycles. The van der Waals surface area contributed by atoms with Crippen LogP contribution in [0.5, 0.6) is 0 Å². The van der Waals surface area contributed by atoms with Crippen LogP contribution < -0.4 is 5.32 Å². The van der Waals surface area contributed by atoms with Crippen molar-refractivity contribution in [1.29, 1.82) is 0 Å². The van der Waals surface area contributed by atoms with Crippen LogP contribution in [0.4, 0.5) is 5.82 Å². The van der Waals surface area contributed by atoms with Crippen LogP contribution in [0.3, 0.4) is 0 Å². The molecule has 0 bridgehead atoms. The summed E-state index contributed by atoms with van der Waals surface area (Å²) in [5.74, 6) is 1.55. The molecule has 2 aromatic rings. The molecule has 2 rings (SSSR count). The number of aliphatic hydroxyl groups is 1. The Morgan fingerprint density at radius 2 is 2.05 bits per heavy atom. The van der Waals surface area contributed by atoms with Crippen LogP contribution in [0.25, 0.3) is 11.0 Å². The second-order valence-corrected chi connectivity index (χ2v) is 4.67. The van der Waals surface area contributed by atoms with Crippen LogP contribution in [0, 0.1) is 6.92 Å². The molecule has 0 aliphatic rings. The zero-order valence-corrected chi connectivity index (χ0v) is 11.9. The molecule has 6 heteroatoms. The number of fused-ring (bicyclic) bond motifs is 1. The van der Waals surface area contributed by atoms with E-state index in [0.717, 1.165) is 41.3 Å². The van der Waals surface area contributed by atoms with E-state index in [9.17, 15) is 5.11 Å². The topological polar surface area (TPSA) is 75.9 Å². The summed E-state index contributed by atoms with van der Waals surface area (Å²) >= 11 is 0. The quantitative estimate of drug-likeness (QED) is 0.855. The molecule has 19 heavy (non-hydrogen) atoms. The third kappa shape index (κ3) is 2.68. The summed E-state index contributed by atoms with van der Waals surface area (Å²) in [6, 6.07) is 0. The van der Waals surface area contributed by atoms with E-state index in [-0.39, 0.29) is 0 Å². The highest BCUT2D eigenvalue weighted by atomic mass is 16.3. The van der Waals surface area contributed by atoms with Crippen molar-refractivity contribution in [3.05, 3.63) is 11.5 Å². The molecular weight excluding hydrogens is 242 g/mol. The maximum absolute atomic E-state index is 9.42. The van der Waals surface area contributed by atoms with Crippen molar-refractivity contribution in [2.75, 3.05) is 11.9 Å². The van der Waals surface area contributed by atoms with Gasteiger partial charge < -0.3 is 10.4 Å². The van der Waals surface area contributed by atoms with Gasteiger partial charge in [-0.05, 0) is 20.8 Å². The van der Waals surface area contributed by atoms with Gasteiger partial charge >= 0.3 is 0 Å². The largest absolute Gasteiger partial charge is 0.392 e. The number of aryl methyl sites for hydroxylation is 3. The fourth-order valence-corrected chi connectivity index (χ4v) is 2.03. The van der Waals surface area contributed by atoms with Crippen LogP contribution in [-0.2, 0) is 13.0 Å². The monoisotopic (exact) mass is 263 g/mol. The van der Waals surface area contributed by atoms with Crippen molar-refractivity contribution in [3.8, 4) is 0 Å². The number of nitrogens with zero attached hydrogens (tertiary/aromatic N) is 4. The van der Waals surface area contributed by atoms with Gasteiger partial charge in [-0.15, -0.1) is 0 Å². The maximum Gasteiger partial charge on any atom is 0.156 e. The molecule has 2 heterocycles. The van der Waals surface area contributed by atoms with Gasteiger partial charge in [0.2, 0.25) is 0 Å². The van der Waals surface area contributed by atoms with Gasteiger partial charge in [-0.3, -0.25) is 4.68 Å². The second kappa shape index (κ2) is 5.52. The van der Waals surface area contributed by atoms with Crippen molar-refractivity contribution < 1.29 is 5.11 Å². The standard InChI is InChI=1S/C13H21N5O/c1-5-10-15-11-9(4)17-18(6-2)12(11)13(16-10)14-7-8(3)19/h8,19H,5-7H2,1-4H3,(H,14,15,16)/t8-/m0/s1. The number of nitrogens with one attached hydrogen (secondary N) is 1. The van der Waals surface area contributed by atoms with Crippen LogP contribution in [0.15, 0.2) is 0 Å². The van der Waals surface area contributed by atoms with Crippen LogP contribution in [-0.4, -0.2) is 37.5 Å². The van der Waals surface area contributed by atoms with E-state index in [1.807, 2.05) is 25.5 Å². The second-order valence-electron chi connectivity index (χ2n) is 4.67. The van der Waals surface area contributed by atoms with Crippen molar-refractivity contribution in [2.45, 2.75) is 46.8 Å². The lowest BCUT2D eigenvalue weighted by molar-refractivity contribution is 0.208. The highest BCUT2D eigenvalue weighted by molar-refractivity contribution is 5.87. The third-order valence-electron chi connectivity index (χ3n) is 2.98. The first-order chi connectivity index (χ1) is 9.06. The van der Waals surface area contributed by atoms with E-state index < -0.39 is 6.10 Å². The van der Waals surface area contributed by atoms with Crippen molar-refractivity contribution in [1.82, 2.24) is 19.7 Å². The fraction of sp³-hybridized carbons (Fsp3) is 0.615. The van der Waals surface area contributed by atoms with Gasteiger partial charge in [0.15, 0.2) is 5.82 Å². The Hall–Kier alpha value is -1.69. The molecule has 0 saturated carbocycles. The summed E-state index contributed by atoms with van der Waals surface area (Å²) in [6.07, 6.45) is 0.352. The molecule has 2 N–H and O–H groups in total. The molecule has 0 unspecified atom stereocenters. The SMILES string of the molecule is CCc1nc(NC[C@H](C)O)c2c(n1)c(C)nn2CC. The van der Waals surface area contributed by atoms with Crippen molar-refractivity contribution >= 4 is 16.9 Å². The summed E-state index contributed by atoms with van der Waals surface area (Å²) in [5, 5.41) is 17.1. The Morgan fingerprint density at radius 3 is 2.63 bits per heavy atom. The van der Waals surface area contributed by atoms with Gasteiger partial charge in [0.25, 0.3) is 0 Å². The minimum atomic E-state index is -0.422. The lowest BCUT2D eigenvalue weighted by atomic mass is 10.3. The molecule has 0 amide bonds. The number of rotatable bonds is 5. The average Bonchev–Trinajstić information content (AvgIpc) is 2.72.